The van der Waals surface area contributed by atoms with Crippen molar-refractivity contribution in [2.75, 3.05) is 33.7 Å². The lowest BCUT2D eigenvalue weighted by Gasteiger charge is -2.25. The molecule has 1 aromatic heterocycles. The van der Waals surface area contributed by atoms with Crippen molar-refractivity contribution in [2.24, 2.45) is 0 Å². The number of carbonyl (C=O) groups excluding carboxylic acids is 1. The number of Topliss-reactive ketones (excluding diaryl/α,β-unsaturated/α-hetero) is 1. The normalized spacial score (nSPS) is 21.6. The van der Waals surface area contributed by atoms with Crippen molar-refractivity contribution in [1.29, 1.82) is 0 Å². The lowest BCUT2D eigenvalue weighted by molar-refractivity contribution is 0.0812. The van der Waals surface area contributed by atoms with Gasteiger partial charge in [-0.3, -0.25) is 9.69 Å². The van der Waals surface area contributed by atoms with Gasteiger partial charge < -0.3 is 9.32 Å². The van der Waals surface area contributed by atoms with Crippen LogP contribution in [0.25, 0.3) is 11.0 Å². The van der Waals surface area contributed by atoms with Gasteiger partial charge in [0.05, 0.1) is 6.04 Å². The average molecular weight is 290 g/mol. The highest BCUT2D eigenvalue weighted by Crippen LogP contribution is 2.24. The zero-order valence-electron chi connectivity index (χ0n) is 12.3. The number of likely N-dealkylation sites (N-methyl/N-ethyl adjacent to an activating group) is 2. The van der Waals surface area contributed by atoms with Crippen LogP contribution in [0, 0.1) is 5.82 Å². The second-order valence-corrected chi connectivity index (χ2v) is 5.75. The van der Waals surface area contributed by atoms with Gasteiger partial charge in [-0.05, 0) is 45.7 Å². The molecule has 1 unspecified atom stereocenters. The molecule has 112 valence electrons. The highest BCUT2D eigenvalue weighted by atomic mass is 19.1. The Labute approximate surface area is 123 Å². The summed E-state index contributed by atoms with van der Waals surface area (Å²) in [4.78, 5) is 16.9. The van der Waals surface area contributed by atoms with Crippen molar-refractivity contribution in [3.63, 3.8) is 0 Å². The summed E-state index contributed by atoms with van der Waals surface area (Å²) in [6.45, 7) is 2.51. The molecule has 0 saturated carbocycles. The zero-order chi connectivity index (χ0) is 15.0. The van der Waals surface area contributed by atoms with Gasteiger partial charge in [0, 0.05) is 11.9 Å². The lowest BCUT2D eigenvalue weighted by atomic mass is 10.1. The van der Waals surface area contributed by atoms with Crippen LogP contribution in [-0.4, -0.2) is 55.4 Å². The quantitative estimate of drug-likeness (QED) is 0.796. The summed E-state index contributed by atoms with van der Waals surface area (Å²) in [7, 11) is 3.96. The molecule has 2 aromatic rings. The minimum absolute atomic E-state index is 0.0816. The lowest BCUT2D eigenvalue weighted by Crippen LogP contribution is -2.43. The molecule has 2 heterocycles. The maximum absolute atomic E-state index is 13.7. The van der Waals surface area contributed by atoms with Crippen LogP contribution in [0.15, 0.2) is 28.7 Å². The monoisotopic (exact) mass is 290 g/mol. The summed E-state index contributed by atoms with van der Waals surface area (Å²) < 4.78 is 19.2. The Bertz CT molecular complexity index is 667. The number of benzene rings is 1. The van der Waals surface area contributed by atoms with Crippen molar-refractivity contribution < 1.29 is 13.6 Å². The van der Waals surface area contributed by atoms with E-state index in [4.69, 9.17) is 4.42 Å². The first-order valence-corrected chi connectivity index (χ1v) is 7.17. The molecule has 3 rings (SSSR count). The molecule has 1 fully saturated rings. The molecule has 4 nitrogen and oxygen atoms in total. The average Bonchev–Trinajstić information content (AvgIpc) is 2.82. The number of rotatable bonds is 2. The summed E-state index contributed by atoms with van der Waals surface area (Å²) in [6, 6.07) is 6.10. The molecular formula is C16H19FN2O2. The number of hydrogen-bond donors (Lipinski definition) is 0. The van der Waals surface area contributed by atoms with Crippen LogP contribution < -0.4 is 0 Å². The van der Waals surface area contributed by atoms with E-state index in [1.54, 1.807) is 18.2 Å². The topological polar surface area (TPSA) is 36.7 Å². The highest BCUT2D eigenvalue weighted by Gasteiger charge is 2.30. The van der Waals surface area contributed by atoms with Crippen molar-refractivity contribution in [1.82, 2.24) is 9.80 Å². The van der Waals surface area contributed by atoms with Gasteiger partial charge in [0.1, 0.15) is 0 Å². The Morgan fingerprint density at radius 1 is 1.33 bits per heavy atom. The Morgan fingerprint density at radius 3 is 2.90 bits per heavy atom. The third-order valence-electron chi connectivity index (χ3n) is 4.11. The summed E-state index contributed by atoms with van der Waals surface area (Å²) >= 11 is 0. The predicted molar refractivity (Wildman–Crippen MR) is 79.0 cm³/mol. The maximum atomic E-state index is 13.7. The Kier molecular flexibility index (Phi) is 3.78. The number of nitrogens with zero attached hydrogens (tertiary/aromatic N) is 2. The van der Waals surface area contributed by atoms with E-state index < -0.39 is 5.82 Å². The summed E-state index contributed by atoms with van der Waals surface area (Å²) in [5, 5.41) is 0.628. The van der Waals surface area contributed by atoms with Crippen LogP contribution in [0.3, 0.4) is 0 Å². The number of furan rings is 1. The molecule has 0 amide bonds. The molecule has 1 aliphatic heterocycles. The molecule has 5 heteroatoms. The van der Waals surface area contributed by atoms with Crippen LogP contribution in [-0.2, 0) is 0 Å². The first kappa shape index (κ1) is 14.2. The van der Waals surface area contributed by atoms with Gasteiger partial charge in [0.2, 0.25) is 5.78 Å². The van der Waals surface area contributed by atoms with E-state index in [1.165, 1.54) is 6.07 Å². The summed E-state index contributed by atoms with van der Waals surface area (Å²) in [6.07, 6.45) is 1.03. The third-order valence-corrected chi connectivity index (χ3v) is 4.11. The second kappa shape index (κ2) is 5.58. The van der Waals surface area contributed by atoms with Gasteiger partial charge in [-0.2, -0.15) is 0 Å². The molecule has 0 N–H and O–H groups in total. The van der Waals surface area contributed by atoms with E-state index >= 15 is 0 Å². The van der Waals surface area contributed by atoms with E-state index in [0.717, 1.165) is 19.5 Å². The van der Waals surface area contributed by atoms with Crippen LogP contribution in [0.5, 0.6) is 0 Å². The number of para-hydroxylation sites is 1. The van der Waals surface area contributed by atoms with E-state index in [-0.39, 0.29) is 23.2 Å². The second-order valence-electron chi connectivity index (χ2n) is 5.75. The molecule has 1 atom stereocenters. The Morgan fingerprint density at radius 2 is 2.14 bits per heavy atom. The van der Waals surface area contributed by atoms with Gasteiger partial charge in [-0.1, -0.05) is 12.1 Å². The fourth-order valence-corrected chi connectivity index (χ4v) is 2.87. The molecule has 0 spiro atoms. The number of halogens is 1. The fourth-order valence-electron chi connectivity index (χ4n) is 2.87. The Hall–Kier alpha value is -1.72. The number of carbonyl (C=O) groups is 1. The van der Waals surface area contributed by atoms with Gasteiger partial charge >= 0.3 is 0 Å². The maximum Gasteiger partial charge on any atom is 0.216 e. The standard InChI is InChI=1S/C16H19FN2O2/c1-18-7-4-8-19(2)13(10-18)15(20)14-9-11-5-3-6-12(17)16(11)21-14/h3,5-6,9,13H,4,7-8,10H2,1-2H3. The molecule has 1 aliphatic rings. The molecule has 0 bridgehead atoms. The smallest absolute Gasteiger partial charge is 0.216 e. The fraction of sp³-hybridized carbons (Fsp3) is 0.438. The van der Waals surface area contributed by atoms with Gasteiger partial charge in [-0.25, -0.2) is 4.39 Å². The molecule has 1 aromatic carbocycles. The predicted octanol–water partition coefficient (Wildman–Crippen LogP) is 2.39. The molecule has 21 heavy (non-hydrogen) atoms. The van der Waals surface area contributed by atoms with Gasteiger partial charge in [0.15, 0.2) is 17.2 Å². The van der Waals surface area contributed by atoms with Crippen molar-refractivity contribution in [2.45, 2.75) is 12.5 Å². The SMILES string of the molecule is CN1CCCN(C)C(C(=O)c2cc3cccc(F)c3o2)C1. The molecule has 0 radical (unpaired) electrons. The van der Waals surface area contributed by atoms with Crippen molar-refractivity contribution in [3.8, 4) is 0 Å². The third kappa shape index (κ3) is 2.71. The van der Waals surface area contributed by atoms with Crippen LogP contribution >= 0.6 is 0 Å². The first-order chi connectivity index (χ1) is 10.1. The minimum Gasteiger partial charge on any atom is -0.450 e. The molecule has 1 saturated heterocycles. The van der Waals surface area contributed by atoms with Crippen LogP contribution in [0.1, 0.15) is 17.0 Å². The minimum atomic E-state index is -0.433. The van der Waals surface area contributed by atoms with Crippen LogP contribution in [0.4, 0.5) is 4.39 Å². The van der Waals surface area contributed by atoms with E-state index in [1.807, 2.05) is 14.1 Å². The Balaban J connectivity index is 1.93. The highest BCUT2D eigenvalue weighted by molar-refractivity contribution is 6.01. The van der Waals surface area contributed by atoms with Crippen LogP contribution in [0.2, 0.25) is 0 Å². The first-order valence-electron chi connectivity index (χ1n) is 7.17. The van der Waals surface area contributed by atoms with Gasteiger partial charge in [0.25, 0.3) is 0 Å². The zero-order valence-corrected chi connectivity index (χ0v) is 12.3. The largest absolute Gasteiger partial charge is 0.450 e. The van der Waals surface area contributed by atoms with E-state index in [0.29, 0.717) is 11.9 Å². The number of ketones is 1. The number of hydrogen-bond acceptors (Lipinski definition) is 4. The molecular weight excluding hydrogens is 271 g/mol. The van der Waals surface area contributed by atoms with Gasteiger partial charge in [-0.15, -0.1) is 0 Å². The molecule has 0 aliphatic carbocycles. The van der Waals surface area contributed by atoms with E-state index in [9.17, 15) is 9.18 Å². The number of fused-ring (bicyclic) bond motifs is 1. The summed E-state index contributed by atoms with van der Waals surface area (Å²) in [5.74, 6) is -0.276. The van der Waals surface area contributed by atoms with Crippen molar-refractivity contribution >= 4 is 16.8 Å². The van der Waals surface area contributed by atoms with Crippen molar-refractivity contribution in [3.05, 3.63) is 35.8 Å². The summed E-state index contributed by atoms with van der Waals surface area (Å²) in [5.41, 5.74) is 0.158. The van der Waals surface area contributed by atoms with E-state index in [2.05, 4.69) is 9.80 Å².